The lowest BCUT2D eigenvalue weighted by molar-refractivity contribution is 0.262. The second-order valence-corrected chi connectivity index (χ2v) is 6.40. The molecule has 4 nitrogen and oxygen atoms in total. The van der Waals surface area contributed by atoms with Gasteiger partial charge < -0.3 is 5.32 Å². The van der Waals surface area contributed by atoms with Crippen molar-refractivity contribution in [2.45, 2.75) is 20.8 Å². The van der Waals surface area contributed by atoms with E-state index in [0.29, 0.717) is 5.13 Å². The van der Waals surface area contributed by atoms with Gasteiger partial charge in [-0.15, -0.1) is 0 Å². The number of rotatable bonds is 2. The van der Waals surface area contributed by atoms with Crippen LogP contribution in [-0.4, -0.2) is 11.0 Å². The molecule has 0 saturated carbocycles. The molecule has 0 radical (unpaired) electrons. The van der Waals surface area contributed by atoms with E-state index < -0.39 is 0 Å². The number of carbonyl (C=O) groups is 1. The summed E-state index contributed by atoms with van der Waals surface area (Å²) in [5.41, 5.74) is 5.22. The zero-order valence-corrected chi connectivity index (χ0v) is 13.5. The maximum absolute atomic E-state index is 12.0. The summed E-state index contributed by atoms with van der Waals surface area (Å²) in [7, 11) is 0. The third-order valence-corrected chi connectivity index (χ3v) is 4.43. The standard InChI is InChI=1S/C17H17N3OS/c1-10-5-4-6-13(7-10)18-16(21)20-17-19-14-8-11(2)12(3)9-15(14)22-17/h4-9H,1-3H3,(H2,18,19,20,21). The number of hydrogen-bond acceptors (Lipinski definition) is 3. The number of aromatic nitrogens is 1. The largest absolute Gasteiger partial charge is 0.325 e. The van der Waals surface area contributed by atoms with Crippen LogP contribution in [0.3, 0.4) is 0 Å². The summed E-state index contributed by atoms with van der Waals surface area (Å²) in [6, 6.07) is 11.5. The molecule has 0 fully saturated rings. The molecule has 1 aromatic heterocycles. The Hall–Kier alpha value is -2.40. The SMILES string of the molecule is Cc1cccc(NC(=O)Nc2nc3cc(C)c(C)cc3s2)c1. The van der Waals surface area contributed by atoms with E-state index in [9.17, 15) is 4.79 Å². The molecule has 0 bridgehead atoms. The molecule has 1 heterocycles. The minimum Gasteiger partial charge on any atom is -0.308 e. The molecule has 2 amide bonds. The Morgan fingerprint density at radius 3 is 2.59 bits per heavy atom. The molecule has 3 rings (SSSR count). The highest BCUT2D eigenvalue weighted by molar-refractivity contribution is 7.22. The molecule has 0 saturated heterocycles. The molecule has 2 N–H and O–H groups in total. The number of urea groups is 1. The molecule has 0 aliphatic carbocycles. The number of benzene rings is 2. The van der Waals surface area contributed by atoms with Gasteiger partial charge in [-0.25, -0.2) is 9.78 Å². The highest BCUT2D eigenvalue weighted by Crippen LogP contribution is 2.28. The average molecular weight is 311 g/mol. The lowest BCUT2D eigenvalue weighted by atomic mass is 10.1. The minimum absolute atomic E-state index is 0.280. The van der Waals surface area contributed by atoms with Crippen LogP contribution < -0.4 is 10.6 Å². The highest BCUT2D eigenvalue weighted by atomic mass is 32.1. The van der Waals surface area contributed by atoms with Crippen molar-refractivity contribution in [3.63, 3.8) is 0 Å². The van der Waals surface area contributed by atoms with Gasteiger partial charge in [-0.1, -0.05) is 23.5 Å². The number of hydrogen-bond donors (Lipinski definition) is 2. The number of anilines is 2. The summed E-state index contributed by atoms with van der Waals surface area (Å²) < 4.78 is 1.08. The second kappa shape index (κ2) is 5.77. The van der Waals surface area contributed by atoms with E-state index in [1.54, 1.807) is 0 Å². The number of aryl methyl sites for hydroxylation is 3. The number of thiazole rings is 1. The molecule has 5 heteroatoms. The lowest BCUT2D eigenvalue weighted by Crippen LogP contribution is -2.19. The fraction of sp³-hybridized carbons (Fsp3) is 0.176. The maximum Gasteiger partial charge on any atom is 0.325 e. The highest BCUT2D eigenvalue weighted by Gasteiger charge is 2.09. The van der Waals surface area contributed by atoms with Crippen LogP contribution in [0.2, 0.25) is 0 Å². The smallest absolute Gasteiger partial charge is 0.308 e. The molecule has 3 aromatic rings. The van der Waals surface area contributed by atoms with Crippen LogP contribution in [0, 0.1) is 20.8 Å². The van der Waals surface area contributed by atoms with Gasteiger partial charge in [0.2, 0.25) is 0 Å². The number of nitrogens with zero attached hydrogens (tertiary/aromatic N) is 1. The van der Waals surface area contributed by atoms with Crippen LogP contribution in [0.25, 0.3) is 10.2 Å². The van der Waals surface area contributed by atoms with Gasteiger partial charge in [0.05, 0.1) is 10.2 Å². The Morgan fingerprint density at radius 2 is 1.82 bits per heavy atom. The molecule has 0 aliphatic heterocycles. The summed E-state index contributed by atoms with van der Waals surface area (Å²) in [5, 5.41) is 6.21. The van der Waals surface area contributed by atoms with Crippen molar-refractivity contribution in [1.82, 2.24) is 4.98 Å². The third kappa shape index (κ3) is 3.09. The van der Waals surface area contributed by atoms with Crippen LogP contribution in [0.15, 0.2) is 36.4 Å². The third-order valence-electron chi connectivity index (χ3n) is 3.50. The molecule has 0 unspecified atom stereocenters. The van der Waals surface area contributed by atoms with E-state index in [4.69, 9.17) is 0 Å². The first-order valence-corrected chi connectivity index (χ1v) is 7.85. The molecule has 0 spiro atoms. The average Bonchev–Trinajstić information content (AvgIpc) is 2.80. The van der Waals surface area contributed by atoms with E-state index in [1.165, 1.54) is 22.5 Å². The van der Waals surface area contributed by atoms with E-state index in [1.807, 2.05) is 37.3 Å². The van der Waals surface area contributed by atoms with Crippen LogP contribution in [0.4, 0.5) is 15.6 Å². The molecular weight excluding hydrogens is 294 g/mol. The lowest BCUT2D eigenvalue weighted by Gasteiger charge is -2.05. The van der Waals surface area contributed by atoms with Crippen molar-refractivity contribution in [1.29, 1.82) is 0 Å². The van der Waals surface area contributed by atoms with Crippen LogP contribution in [0.1, 0.15) is 16.7 Å². The number of amides is 2. The van der Waals surface area contributed by atoms with Crippen molar-refractivity contribution < 1.29 is 4.79 Å². The van der Waals surface area contributed by atoms with Gasteiger partial charge in [0.25, 0.3) is 0 Å². The normalized spacial score (nSPS) is 10.7. The van der Waals surface area contributed by atoms with E-state index in [-0.39, 0.29) is 6.03 Å². The number of carbonyl (C=O) groups excluding carboxylic acids is 1. The Labute approximate surface area is 133 Å². The topological polar surface area (TPSA) is 54.0 Å². The summed E-state index contributed by atoms with van der Waals surface area (Å²) in [6.45, 7) is 6.12. The summed E-state index contributed by atoms with van der Waals surface area (Å²) in [5.74, 6) is 0. The van der Waals surface area contributed by atoms with Gasteiger partial charge >= 0.3 is 6.03 Å². The predicted molar refractivity (Wildman–Crippen MR) is 92.9 cm³/mol. The van der Waals surface area contributed by atoms with Gasteiger partial charge in [0, 0.05) is 5.69 Å². The van der Waals surface area contributed by atoms with Crippen molar-refractivity contribution in [2.24, 2.45) is 0 Å². The fourth-order valence-electron chi connectivity index (χ4n) is 2.22. The first kappa shape index (κ1) is 14.5. The van der Waals surface area contributed by atoms with Crippen molar-refractivity contribution in [3.8, 4) is 0 Å². The van der Waals surface area contributed by atoms with Gasteiger partial charge in [0.1, 0.15) is 0 Å². The maximum atomic E-state index is 12.0. The fourth-order valence-corrected chi connectivity index (χ4v) is 3.16. The summed E-state index contributed by atoms with van der Waals surface area (Å²) >= 11 is 1.48. The van der Waals surface area contributed by atoms with Gasteiger partial charge in [-0.05, 0) is 61.7 Å². The molecule has 0 aliphatic rings. The van der Waals surface area contributed by atoms with E-state index in [0.717, 1.165) is 21.5 Å². The number of fused-ring (bicyclic) bond motifs is 1. The quantitative estimate of drug-likeness (QED) is 0.709. The van der Waals surface area contributed by atoms with Crippen LogP contribution >= 0.6 is 11.3 Å². The Balaban J connectivity index is 1.76. The molecule has 22 heavy (non-hydrogen) atoms. The van der Waals surface area contributed by atoms with Crippen molar-refractivity contribution in [3.05, 3.63) is 53.1 Å². The zero-order chi connectivity index (χ0) is 15.7. The minimum atomic E-state index is -0.280. The monoisotopic (exact) mass is 311 g/mol. The zero-order valence-electron chi connectivity index (χ0n) is 12.7. The van der Waals surface area contributed by atoms with Gasteiger partial charge in [0.15, 0.2) is 5.13 Å². The molecule has 112 valence electrons. The molecule has 2 aromatic carbocycles. The first-order chi connectivity index (χ1) is 10.5. The Morgan fingerprint density at radius 1 is 1.05 bits per heavy atom. The van der Waals surface area contributed by atoms with Crippen LogP contribution in [-0.2, 0) is 0 Å². The summed E-state index contributed by atoms with van der Waals surface area (Å²) in [6.07, 6.45) is 0. The Kier molecular flexibility index (Phi) is 3.81. The van der Waals surface area contributed by atoms with Gasteiger partial charge in [-0.2, -0.15) is 0 Å². The molecule has 0 atom stereocenters. The Bertz CT molecular complexity index is 815. The van der Waals surface area contributed by atoms with Crippen molar-refractivity contribution in [2.75, 3.05) is 10.6 Å². The van der Waals surface area contributed by atoms with E-state index >= 15 is 0 Å². The molecular formula is C17H17N3OS. The summed E-state index contributed by atoms with van der Waals surface area (Å²) in [4.78, 5) is 16.5. The van der Waals surface area contributed by atoms with Crippen molar-refractivity contribution >= 4 is 38.4 Å². The van der Waals surface area contributed by atoms with Crippen LogP contribution in [0.5, 0.6) is 0 Å². The second-order valence-electron chi connectivity index (χ2n) is 5.37. The van der Waals surface area contributed by atoms with Gasteiger partial charge in [-0.3, -0.25) is 5.32 Å². The predicted octanol–water partition coefficient (Wildman–Crippen LogP) is 4.87. The van der Waals surface area contributed by atoms with E-state index in [2.05, 4.69) is 35.5 Å². The number of nitrogens with one attached hydrogen (secondary N) is 2. The first-order valence-electron chi connectivity index (χ1n) is 7.04.